The van der Waals surface area contributed by atoms with Crippen LogP contribution in [0.4, 0.5) is 0 Å². The van der Waals surface area contributed by atoms with Gasteiger partial charge in [0.15, 0.2) is 0 Å². The predicted octanol–water partition coefficient (Wildman–Crippen LogP) is 2.90. The Labute approximate surface area is 122 Å². The number of aliphatic hydroxyl groups excluding tert-OH is 1. The monoisotopic (exact) mass is 325 g/mol. The molecular formula is C15H20BrNO2. The maximum absolute atomic E-state index is 11.7. The average molecular weight is 326 g/mol. The van der Waals surface area contributed by atoms with Gasteiger partial charge in [-0.05, 0) is 36.1 Å². The second-order valence-corrected chi connectivity index (χ2v) is 5.75. The lowest BCUT2D eigenvalue weighted by molar-refractivity contribution is -0.117. The van der Waals surface area contributed by atoms with Crippen molar-refractivity contribution < 1.29 is 9.90 Å². The molecule has 1 aromatic rings. The first-order valence-corrected chi connectivity index (χ1v) is 7.09. The largest absolute Gasteiger partial charge is 0.394 e. The highest BCUT2D eigenvalue weighted by atomic mass is 79.9. The van der Waals surface area contributed by atoms with Crippen LogP contribution in [0.5, 0.6) is 0 Å². The van der Waals surface area contributed by atoms with Crippen molar-refractivity contribution in [1.82, 2.24) is 5.32 Å². The third-order valence-corrected chi connectivity index (χ3v) is 3.59. The van der Waals surface area contributed by atoms with Gasteiger partial charge in [-0.3, -0.25) is 4.79 Å². The van der Waals surface area contributed by atoms with Gasteiger partial charge in [-0.2, -0.15) is 0 Å². The van der Waals surface area contributed by atoms with Crippen molar-refractivity contribution in [2.75, 3.05) is 6.61 Å². The Morgan fingerprint density at radius 2 is 2.16 bits per heavy atom. The molecule has 0 aliphatic heterocycles. The van der Waals surface area contributed by atoms with Crippen molar-refractivity contribution in [3.8, 4) is 0 Å². The minimum Gasteiger partial charge on any atom is -0.394 e. The van der Waals surface area contributed by atoms with Crippen LogP contribution in [0.1, 0.15) is 25.0 Å². The topological polar surface area (TPSA) is 49.3 Å². The van der Waals surface area contributed by atoms with Gasteiger partial charge in [0.1, 0.15) is 0 Å². The Morgan fingerprint density at radius 3 is 2.68 bits per heavy atom. The van der Waals surface area contributed by atoms with Gasteiger partial charge in [-0.25, -0.2) is 0 Å². The molecule has 19 heavy (non-hydrogen) atoms. The number of amides is 1. The number of carbonyl (C=O) groups excluding carboxylic acids is 1. The summed E-state index contributed by atoms with van der Waals surface area (Å²) < 4.78 is 0.958. The maximum Gasteiger partial charge on any atom is 0.244 e. The van der Waals surface area contributed by atoms with Crippen molar-refractivity contribution in [3.05, 3.63) is 39.9 Å². The summed E-state index contributed by atoms with van der Waals surface area (Å²) >= 11 is 3.46. The van der Waals surface area contributed by atoms with E-state index < -0.39 is 0 Å². The van der Waals surface area contributed by atoms with Crippen LogP contribution in [0, 0.1) is 12.8 Å². The van der Waals surface area contributed by atoms with Gasteiger partial charge in [0.05, 0.1) is 12.6 Å². The van der Waals surface area contributed by atoms with Crippen LogP contribution in [-0.4, -0.2) is 23.7 Å². The van der Waals surface area contributed by atoms with Gasteiger partial charge in [0.25, 0.3) is 0 Å². The lowest BCUT2D eigenvalue weighted by atomic mass is 10.1. The van der Waals surface area contributed by atoms with E-state index in [0.717, 1.165) is 15.6 Å². The molecule has 0 fully saturated rings. The number of carbonyl (C=O) groups is 1. The van der Waals surface area contributed by atoms with E-state index in [9.17, 15) is 4.79 Å². The van der Waals surface area contributed by atoms with Crippen LogP contribution < -0.4 is 5.32 Å². The molecule has 0 unspecified atom stereocenters. The van der Waals surface area contributed by atoms with Gasteiger partial charge in [0, 0.05) is 10.5 Å². The molecule has 104 valence electrons. The van der Waals surface area contributed by atoms with Crippen LogP contribution in [0.25, 0.3) is 6.08 Å². The predicted molar refractivity (Wildman–Crippen MR) is 81.8 cm³/mol. The number of rotatable bonds is 5. The van der Waals surface area contributed by atoms with E-state index in [1.54, 1.807) is 6.08 Å². The Hall–Kier alpha value is -1.13. The molecule has 0 saturated carbocycles. The fourth-order valence-corrected chi connectivity index (χ4v) is 2.21. The minimum absolute atomic E-state index is 0.0501. The standard InChI is InChI=1S/C15H20BrNO2/c1-10(2)14(9-18)17-15(19)7-6-12-5-4-11(3)8-13(12)16/h4-8,10,14,18H,9H2,1-3H3,(H,17,19)/t14-/m1/s1. The fraction of sp³-hybridized carbons (Fsp3) is 0.400. The molecule has 1 amide bonds. The summed E-state index contributed by atoms with van der Waals surface area (Å²) in [6, 6.07) is 5.74. The summed E-state index contributed by atoms with van der Waals surface area (Å²) in [5.41, 5.74) is 2.11. The van der Waals surface area contributed by atoms with Gasteiger partial charge in [0.2, 0.25) is 5.91 Å². The molecule has 0 saturated heterocycles. The Bertz CT molecular complexity index is 469. The first-order valence-electron chi connectivity index (χ1n) is 6.29. The summed E-state index contributed by atoms with van der Waals surface area (Å²) in [5.74, 6) is 0.00804. The molecule has 0 spiro atoms. The molecule has 2 N–H and O–H groups in total. The van der Waals surface area contributed by atoms with Gasteiger partial charge >= 0.3 is 0 Å². The minimum atomic E-state index is -0.210. The van der Waals surface area contributed by atoms with Gasteiger partial charge in [-0.15, -0.1) is 0 Å². The summed E-state index contributed by atoms with van der Waals surface area (Å²) in [6.07, 6.45) is 3.24. The van der Waals surface area contributed by atoms with Gasteiger partial charge in [-0.1, -0.05) is 41.9 Å². The summed E-state index contributed by atoms with van der Waals surface area (Å²) in [6.45, 7) is 5.88. The number of nitrogens with one attached hydrogen (secondary N) is 1. The van der Waals surface area contributed by atoms with E-state index in [-0.39, 0.29) is 24.5 Å². The number of aryl methyl sites for hydroxylation is 1. The fourth-order valence-electron chi connectivity index (χ4n) is 1.59. The number of halogens is 1. The van der Waals surface area contributed by atoms with Crippen LogP contribution >= 0.6 is 15.9 Å². The molecule has 1 aromatic carbocycles. The smallest absolute Gasteiger partial charge is 0.244 e. The highest BCUT2D eigenvalue weighted by Gasteiger charge is 2.13. The van der Waals surface area contributed by atoms with Crippen molar-refractivity contribution in [1.29, 1.82) is 0 Å². The van der Waals surface area contributed by atoms with Crippen molar-refractivity contribution in [2.45, 2.75) is 26.8 Å². The molecule has 1 rings (SSSR count). The molecule has 0 aromatic heterocycles. The Morgan fingerprint density at radius 1 is 1.47 bits per heavy atom. The zero-order valence-corrected chi connectivity index (χ0v) is 13.1. The Balaban J connectivity index is 2.68. The summed E-state index contributed by atoms with van der Waals surface area (Å²) in [7, 11) is 0. The summed E-state index contributed by atoms with van der Waals surface area (Å²) in [5, 5.41) is 11.9. The number of aliphatic hydroxyl groups is 1. The first kappa shape index (κ1) is 15.9. The highest BCUT2D eigenvalue weighted by Crippen LogP contribution is 2.19. The number of benzene rings is 1. The van der Waals surface area contributed by atoms with Crippen molar-refractivity contribution in [3.63, 3.8) is 0 Å². The Kier molecular flexibility index (Phi) is 6.25. The lowest BCUT2D eigenvalue weighted by Gasteiger charge is -2.18. The van der Waals surface area contributed by atoms with E-state index in [2.05, 4.69) is 21.2 Å². The normalized spacial score (nSPS) is 12.9. The van der Waals surface area contributed by atoms with Crippen LogP contribution in [0.2, 0.25) is 0 Å². The summed E-state index contributed by atoms with van der Waals surface area (Å²) in [4.78, 5) is 11.7. The van der Waals surface area contributed by atoms with Gasteiger partial charge < -0.3 is 10.4 Å². The second-order valence-electron chi connectivity index (χ2n) is 4.90. The molecule has 0 radical (unpaired) electrons. The van der Waals surface area contributed by atoms with Crippen LogP contribution in [0.15, 0.2) is 28.7 Å². The number of hydrogen-bond donors (Lipinski definition) is 2. The molecule has 0 aliphatic rings. The zero-order valence-electron chi connectivity index (χ0n) is 11.5. The molecule has 1 atom stereocenters. The van der Waals surface area contributed by atoms with E-state index >= 15 is 0 Å². The molecule has 0 aliphatic carbocycles. The molecule has 3 nitrogen and oxygen atoms in total. The zero-order chi connectivity index (χ0) is 14.4. The maximum atomic E-state index is 11.7. The van der Waals surface area contributed by atoms with E-state index in [1.807, 2.05) is 39.0 Å². The van der Waals surface area contributed by atoms with Crippen LogP contribution in [0.3, 0.4) is 0 Å². The lowest BCUT2D eigenvalue weighted by Crippen LogP contribution is -2.40. The molecule has 4 heteroatoms. The highest BCUT2D eigenvalue weighted by molar-refractivity contribution is 9.10. The van der Waals surface area contributed by atoms with Crippen molar-refractivity contribution in [2.24, 2.45) is 5.92 Å². The molecular weight excluding hydrogens is 306 g/mol. The second kappa shape index (κ2) is 7.46. The van der Waals surface area contributed by atoms with Crippen molar-refractivity contribution >= 4 is 27.9 Å². The van der Waals surface area contributed by atoms with E-state index in [4.69, 9.17) is 5.11 Å². The third kappa shape index (κ3) is 5.17. The van der Waals surface area contributed by atoms with Crippen LogP contribution in [-0.2, 0) is 4.79 Å². The SMILES string of the molecule is Cc1ccc(C=CC(=O)N[C@H](CO)C(C)C)c(Br)c1. The molecule has 0 bridgehead atoms. The average Bonchev–Trinajstić information content (AvgIpc) is 2.34. The van der Waals surface area contributed by atoms with E-state index in [0.29, 0.717) is 0 Å². The third-order valence-electron chi connectivity index (χ3n) is 2.90. The first-order chi connectivity index (χ1) is 8.93. The van der Waals surface area contributed by atoms with E-state index in [1.165, 1.54) is 6.08 Å². The molecule has 0 heterocycles. The number of hydrogen-bond acceptors (Lipinski definition) is 2. The quantitative estimate of drug-likeness (QED) is 0.818.